The Balaban J connectivity index is 1.43. The van der Waals surface area contributed by atoms with E-state index >= 15 is 0 Å². The van der Waals surface area contributed by atoms with Crippen LogP contribution in [-0.4, -0.2) is 52.3 Å². The van der Waals surface area contributed by atoms with Gasteiger partial charge in [-0.3, -0.25) is 19.5 Å². The van der Waals surface area contributed by atoms with Gasteiger partial charge in [0.2, 0.25) is 5.91 Å². The highest BCUT2D eigenvalue weighted by Gasteiger charge is 2.32. The number of pyridine rings is 1. The first-order valence-corrected chi connectivity index (χ1v) is 11.8. The first-order valence-electron chi connectivity index (χ1n) is 11.5. The Labute approximate surface area is 199 Å². The molecule has 1 N–H and O–H groups in total. The molecule has 1 aromatic carbocycles. The molecule has 8 heteroatoms. The fraction of sp³-hybridized carbons (Fsp3) is 0.480. The van der Waals surface area contributed by atoms with Crippen molar-refractivity contribution in [2.45, 2.75) is 52.6 Å². The first-order chi connectivity index (χ1) is 15.7. The van der Waals surface area contributed by atoms with E-state index in [0.29, 0.717) is 29.6 Å². The zero-order chi connectivity index (χ0) is 23.7. The number of nitrogens with zero attached hydrogens (tertiary/aromatic N) is 3. The number of anilines is 1. The molecule has 2 aromatic rings. The topological polar surface area (TPSA) is 65.5 Å². The average molecular weight is 473 g/mol. The quantitative estimate of drug-likeness (QED) is 0.668. The van der Waals surface area contributed by atoms with Crippen molar-refractivity contribution < 1.29 is 14.0 Å². The maximum atomic E-state index is 13.8. The van der Waals surface area contributed by atoms with Gasteiger partial charge in [0.05, 0.1) is 11.3 Å². The number of hydrogen-bond donors (Lipinski definition) is 1. The van der Waals surface area contributed by atoms with Gasteiger partial charge < -0.3 is 10.2 Å². The first kappa shape index (κ1) is 23.6. The number of halogens is 2. The third kappa shape index (κ3) is 5.71. The molecule has 1 saturated heterocycles. The number of aryl methyl sites for hydroxylation is 1. The minimum Gasteiger partial charge on any atom is -0.337 e. The molecule has 2 aliphatic rings. The smallest absolute Gasteiger partial charge is 0.257 e. The Bertz CT molecular complexity index is 1070. The zero-order valence-corrected chi connectivity index (χ0v) is 20.1. The van der Waals surface area contributed by atoms with Crippen LogP contribution in [0.1, 0.15) is 53.4 Å². The second-order valence-corrected chi connectivity index (χ2v) is 9.74. The SMILES string of the molecule is Cc1ncc(C(=O)Nc2cc(Cl)cc(CN3CCN(C(=O)CC4CC4)[C@@H](C)C3)c2C)cc1F. The summed E-state index contributed by atoms with van der Waals surface area (Å²) < 4.78 is 13.8. The number of benzene rings is 1. The minimum atomic E-state index is -0.518. The van der Waals surface area contributed by atoms with Crippen LogP contribution in [0, 0.1) is 25.6 Å². The van der Waals surface area contributed by atoms with Gasteiger partial charge in [-0.1, -0.05) is 11.6 Å². The van der Waals surface area contributed by atoms with Crippen molar-refractivity contribution in [2.24, 2.45) is 5.92 Å². The van der Waals surface area contributed by atoms with Crippen LogP contribution in [0.4, 0.5) is 10.1 Å². The summed E-state index contributed by atoms with van der Waals surface area (Å²) in [6.07, 6.45) is 4.41. The molecule has 1 saturated carbocycles. The highest BCUT2D eigenvalue weighted by Crippen LogP contribution is 2.33. The molecule has 1 aromatic heterocycles. The number of piperazine rings is 1. The number of carbonyl (C=O) groups excluding carboxylic acids is 2. The molecule has 1 aliphatic carbocycles. The van der Waals surface area contributed by atoms with Gasteiger partial charge in [0.15, 0.2) is 0 Å². The molecule has 6 nitrogen and oxygen atoms in total. The van der Waals surface area contributed by atoms with Crippen molar-refractivity contribution in [3.63, 3.8) is 0 Å². The number of hydrogen-bond acceptors (Lipinski definition) is 4. The third-order valence-corrected chi connectivity index (χ3v) is 6.82. The minimum absolute atomic E-state index is 0.153. The maximum absolute atomic E-state index is 13.8. The fourth-order valence-electron chi connectivity index (χ4n) is 4.33. The van der Waals surface area contributed by atoms with E-state index < -0.39 is 11.7 Å². The average Bonchev–Trinajstić information content (AvgIpc) is 3.57. The van der Waals surface area contributed by atoms with Gasteiger partial charge in [0.1, 0.15) is 5.82 Å². The third-order valence-electron chi connectivity index (χ3n) is 6.60. The van der Waals surface area contributed by atoms with Crippen molar-refractivity contribution in [1.82, 2.24) is 14.8 Å². The molecular formula is C25H30ClFN4O2. The van der Waals surface area contributed by atoms with Crippen LogP contribution in [0.15, 0.2) is 24.4 Å². The van der Waals surface area contributed by atoms with E-state index in [2.05, 4.69) is 22.1 Å². The van der Waals surface area contributed by atoms with Gasteiger partial charge >= 0.3 is 0 Å². The molecule has 176 valence electrons. The highest BCUT2D eigenvalue weighted by molar-refractivity contribution is 6.31. The Morgan fingerprint density at radius 1 is 1.21 bits per heavy atom. The Morgan fingerprint density at radius 3 is 2.64 bits per heavy atom. The summed E-state index contributed by atoms with van der Waals surface area (Å²) in [6, 6.07) is 4.96. The largest absolute Gasteiger partial charge is 0.337 e. The second-order valence-electron chi connectivity index (χ2n) is 9.30. The Hall–Kier alpha value is -2.51. The van der Waals surface area contributed by atoms with Crippen LogP contribution >= 0.6 is 11.6 Å². The predicted molar refractivity (Wildman–Crippen MR) is 127 cm³/mol. The van der Waals surface area contributed by atoms with Crippen molar-refractivity contribution in [2.75, 3.05) is 25.0 Å². The van der Waals surface area contributed by atoms with Crippen molar-refractivity contribution >= 4 is 29.1 Å². The van der Waals surface area contributed by atoms with E-state index in [1.54, 1.807) is 13.0 Å². The summed E-state index contributed by atoms with van der Waals surface area (Å²) >= 11 is 6.37. The predicted octanol–water partition coefficient (Wildman–Crippen LogP) is 4.58. The lowest BCUT2D eigenvalue weighted by Gasteiger charge is -2.40. The lowest BCUT2D eigenvalue weighted by Crippen LogP contribution is -2.53. The van der Waals surface area contributed by atoms with Gasteiger partial charge in [-0.25, -0.2) is 4.39 Å². The fourth-order valence-corrected chi connectivity index (χ4v) is 4.57. The number of amides is 2. The summed E-state index contributed by atoms with van der Waals surface area (Å²) in [5.41, 5.74) is 2.91. The molecule has 2 heterocycles. The Kier molecular flexibility index (Phi) is 7.00. The molecule has 2 fully saturated rings. The monoisotopic (exact) mass is 472 g/mol. The lowest BCUT2D eigenvalue weighted by atomic mass is 10.0. The number of rotatable bonds is 6. The van der Waals surface area contributed by atoms with Gasteiger partial charge in [0, 0.05) is 55.5 Å². The molecule has 0 bridgehead atoms. The van der Waals surface area contributed by atoms with Crippen LogP contribution in [-0.2, 0) is 11.3 Å². The molecule has 4 rings (SSSR count). The van der Waals surface area contributed by atoms with Crippen molar-refractivity contribution in [1.29, 1.82) is 0 Å². The van der Waals surface area contributed by atoms with Crippen molar-refractivity contribution in [3.8, 4) is 0 Å². The van der Waals surface area contributed by atoms with Gasteiger partial charge in [0.25, 0.3) is 5.91 Å². The number of aromatic nitrogens is 1. The summed E-state index contributed by atoms with van der Waals surface area (Å²) in [4.78, 5) is 33.5. The normalized spacial score (nSPS) is 18.9. The highest BCUT2D eigenvalue weighted by atomic mass is 35.5. The number of carbonyl (C=O) groups is 2. The molecule has 2 amide bonds. The second kappa shape index (κ2) is 9.77. The molecule has 1 atom stereocenters. The molecule has 33 heavy (non-hydrogen) atoms. The molecule has 1 aliphatic heterocycles. The molecular weight excluding hydrogens is 443 g/mol. The molecule has 0 spiro atoms. The van der Waals surface area contributed by atoms with Gasteiger partial charge in [-0.15, -0.1) is 0 Å². The van der Waals surface area contributed by atoms with Gasteiger partial charge in [-0.05, 0) is 68.9 Å². The van der Waals surface area contributed by atoms with E-state index in [-0.39, 0.29) is 23.2 Å². The van der Waals surface area contributed by atoms with Crippen LogP contribution in [0.25, 0.3) is 0 Å². The summed E-state index contributed by atoms with van der Waals surface area (Å²) in [5, 5.41) is 3.36. The van der Waals surface area contributed by atoms with Crippen molar-refractivity contribution in [3.05, 3.63) is 57.6 Å². The summed E-state index contributed by atoms with van der Waals surface area (Å²) in [7, 11) is 0. The molecule has 0 radical (unpaired) electrons. The lowest BCUT2D eigenvalue weighted by molar-refractivity contribution is -0.136. The molecule has 0 unspecified atom stereocenters. The zero-order valence-electron chi connectivity index (χ0n) is 19.3. The summed E-state index contributed by atoms with van der Waals surface area (Å²) in [5.74, 6) is -0.0857. The summed E-state index contributed by atoms with van der Waals surface area (Å²) in [6.45, 7) is 8.57. The van der Waals surface area contributed by atoms with E-state index in [0.717, 1.165) is 30.8 Å². The van der Waals surface area contributed by atoms with Crippen LogP contribution < -0.4 is 5.32 Å². The van der Waals surface area contributed by atoms with E-state index in [1.165, 1.54) is 25.1 Å². The van der Waals surface area contributed by atoms with E-state index in [9.17, 15) is 14.0 Å². The van der Waals surface area contributed by atoms with Crippen LogP contribution in [0.3, 0.4) is 0 Å². The standard InChI is InChI=1S/C25H30ClFN4O2/c1-15-13-30(6-7-31(15)24(32)8-18-4-5-18)14-20-9-21(26)11-23(16(20)2)29-25(33)19-10-22(27)17(3)28-12-19/h9-12,15,18H,4-8,13-14H2,1-3H3,(H,29,33)/t15-/m0/s1. The van der Waals surface area contributed by atoms with E-state index in [1.807, 2.05) is 17.9 Å². The Morgan fingerprint density at radius 2 is 1.97 bits per heavy atom. The van der Waals surface area contributed by atoms with Crippen LogP contribution in [0.5, 0.6) is 0 Å². The maximum Gasteiger partial charge on any atom is 0.257 e. The number of nitrogens with one attached hydrogen (secondary N) is 1. The van der Waals surface area contributed by atoms with Crippen LogP contribution in [0.2, 0.25) is 5.02 Å². The van der Waals surface area contributed by atoms with E-state index in [4.69, 9.17) is 11.6 Å². The van der Waals surface area contributed by atoms with Gasteiger partial charge in [-0.2, -0.15) is 0 Å².